The van der Waals surface area contributed by atoms with Gasteiger partial charge < -0.3 is 15.2 Å². The summed E-state index contributed by atoms with van der Waals surface area (Å²) in [6.45, 7) is 11.8. The van der Waals surface area contributed by atoms with Gasteiger partial charge >= 0.3 is 6.09 Å². The molecule has 0 heterocycles. The molecule has 102 valence electrons. The molecule has 0 unspecified atom stereocenters. The summed E-state index contributed by atoms with van der Waals surface area (Å²) in [5.41, 5.74) is -0.308. The van der Waals surface area contributed by atoms with E-state index in [0.717, 1.165) is 12.8 Å². The normalized spacial score (nSPS) is 14.3. The minimum atomic E-state index is -0.506. The van der Waals surface area contributed by atoms with Crippen LogP contribution in [0.5, 0.6) is 0 Å². The van der Waals surface area contributed by atoms with Gasteiger partial charge in [-0.2, -0.15) is 0 Å². The van der Waals surface area contributed by atoms with E-state index in [1.807, 2.05) is 20.8 Å². The first-order valence-corrected chi connectivity index (χ1v) is 6.14. The highest BCUT2D eigenvalue weighted by Crippen LogP contribution is 2.21. The number of amides is 1. The highest BCUT2D eigenvalue weighted by Gasteiger charge is 2.20. The molecule has 0 aliphatic carbocycles. The Bertz CT molecular complexity index is 238. The van der Waals surface area contributed by atoms with Crippen molar-refractivity contribution in [3.8, 4) is 0 Å². The fourth-order valence-corrected chi connectivity index (χ4v) is 1.29. The molecule has 0 bridgehead atoms. The predicted molar refractivity (Wildman–Crippen MR) is 68.9 cm³/mol. The standard InChI is InChI=1S/C13H27NO3/c1-12(2,3)8-7-10(9-15)14-11(16)17-13(4,5)6/h10,15H,7-9H2,1-6H3,(H,14,16)/t10-/m1/s1. The van der Waals surface area contributed by atoms with E-state index < -0.39 is 11.7 Å². The van der Waals surface area contributed by atoms with Gasteiger partial charge in [0, 0.05) is 0 Å². The van der Waals surface area contributed by atoms with Crippen molar-refractivity contribution in [1.82, 2.24) is 5.32 Å². The number of rotatable bonds is 4. The summed E-state index contributed by atoms with van der Waals surface area (Å²) in [7, 11) is 0. The van der Waals surface area contributed by atoms with E-state index in [-0.39, 0.29) is 18.1 Å². The highest BCUT2D eigenvalue weighted by atomic mass is 16.6. The Morgan fingerprint density at radius 3 is 2.12 bits per heavy atom. The van der Waals surface area contributed by atoms with Crippen molar-refractivity contribution >= 4 is 6.09 Å². The zero-order valence-corrected chi connectivity index (χ0v) is 12.0. The Morgan fingerprint density at radius 2 is 1.76 bits per heavy atom. The number of nitrogens with one attached hydrogen (secondary N) is 1. The molecule has 0 aromatic rings. The molecule has 0 aromatic heterocycles. The lowest BCUT2D eigenvalue weighted by Gasteiger charge is -2.25. The van der Waals surface area contributed by atoms with Gasteiger partial charge in [-0.25, -0.2) is 4.79 Å². The van der Waals surface area contributed by atoms with E-state index in [0.29, 0.717) is 0 Å². The predicted octanol–water partition coefficient (Wildman–Crippen LogP) is 2.70. The Morgan fingerprint density at radius 1 is 1.24 bits per heavy atom. The van der Waals surface area contributed by atoms with Gasteiger partial charge in [0.25, 0.3) is 0 Å². The molecule has 0 saturated carbocycles. The molecule has 0 radical (unpaired) electrons. The first kappa shape index (κ1) is 16.2. The topological polar surface area (TPSA) is 58.6 Å². The number of alkyl carbamates (subject to hydrolysis) is 1. The fourth-order valence-electron chi connectivity index (χ4n) is 1.29. The molecule has 0 rings (SSSR count). The van der Waals surface area contributed by atoms with E-state index in [1.165, 1.54) is 0 Å². The van der Waals surface area contributed by atoms with E-state index >= 15 is 0 Å². The van der Waals surface area contributed by atoms with Gasteiger partial charge in [-0.3, -0.25) is 0 Å². The quantitative estimate of drug-likeness (QED) is 0.800. The molecule has 2 N–H and O–H groups in total. The number of carbonyl (C=O) groups excluding carboxylic acids is 1. The average molecular weight is 245 g/mol. The van der Waals surface area contributed by atoms with Crippen molar-refractivity contribution < 1.29 is 14.6 Å². The van der Waals surface area contributed by atoms with Crippen LogP contribution >= 0.6 is 0 Å². The van der Waals surface area contributed by atoms with E-state index in [2.05, 4.69) is 26.1 Å². The number of ether oxygens (including phenoxy) is 1. The molecule has 0 aromatic carbocycles. The fraction of sp³-hybridized carbons (Fsp3) is 0.923. The van der Waals surface area contributed by atoms with Gasteiger partial charge in [0.1, 0.15) is 5.60 Å². The number of carbonyl (C=O) groups is 1. The maximum atomic E-state index is 11.5. The summed E-state index contributed by atoms with van der Waals surface area (Å²) in [6.07, 6.45) is 1.22. The molecular formula is C13H27NO3. The smallest absolute Gasteiger partial charge is 0.407 e. The Balaban J connectivity index is 4.09. The maximum Gasteiger partial charge on any atom is 0.407 e. The number of hydrogen-bond donors (Lipinski definition) is 2. The third kappa shape index (κ3) is 10.1. The van der Waals surface area contributed by atoms with Gasteiger partial charge in [-0.1, -0.05) is 20.8 Å². The minimum absolute atomic E-state index is 0.0602. The van der Waals surface area contributed by atoms with Crippen LogP contribution in [0.15, 0.2) is 0 Å². The minimum Gasteiger partial charge on any atom is -0.444 e. The van der Waals surface area contributed by atoms with Crippen LogP contribution in [0, 0.1) is 5.41 Å². The molecule has 0 fully saturated rings. The number of aliphatic hydroxyl groups excluding tert-OH is 1. The van der Waals surface area contributed by atoms with Crippen LogP contribution in [0.1, 0.15) is 54.4 Å². The van der Waals surface area contributed by atoms with Crippen molar-refractivity contribution in [3.63, 3.8) is 0 Å². The third-order valence-corrected chi connectivity index (χ3v) is 2.18. The summed E-state index contributed by atoms with van der Waals surface area (Å²) >= 11 is 0. The lowest BCUT2D eigenvalue weighted by Crippen LogP contribution is -2.41. The molecule has 17 heavy (non-hydrogen) atoms. The monoisotopic (exact) mass is 245 g/mol. The Labute approximate surface area is 105 Å². The van der Waals surface area contributed by atoms with Crippen molar-refractivity contribution in [2.75, 3.05) is 6.61 Å². The van der Waals surface area contributed by atoms with E-state index in [1.54, 1.807) is 0 Å². The van der Waals surface area contributed by atoms with Crippen molar-refractivity contribution in [3.05, 3.63) is 0 Å². The van der Waals surface area contributed by atoms with Crippen LogP contribution in [0.3, 0.4) is 0 Å². The summed E-state index contributed by atoms with van der Waals surface area (Å²) in [5.74, 6) is 0. The van der Waals surface area contributed by atoms with Crippen LogP contribution in [-0.2, 0) is 4.74 Å². The first-order valence-electron chi connectivity index (χ1n) is 6.14. The summed E-state index contributed by atoms with van der Waals surface area (Å²) in [6, 6.07) is -0.232. The molecule has 0 aliphatic rings. The molecule has 4 heteroatoms. The molecule has 0 spiro atoms. The molecule has 1 atom stereocenters. The van der Waals surface area contributed by atoms with Crippen LogP contribution in [0.4, 0.5) is 4.79 Å². The van der Waals surface area contributed by atoms with Gasteiger partial charge in [0.15, 0.2) is 0 Å². The molecule has 1 amide bonds. The van der Waals surface area contributed by atoms with Crippen LogP contribution in [-0.4, -0.2) is 29.4 Å². The summed E-state index contributed by atoms with van der Waals surface area (Å²) in [5, 5.41) is 11.9. The third-order valence-electron chi connectivity index (χ3n) is 2.18. The Hall–Kier alpha value is -0.770. The highest BCUT2D eigenvalue weighted by molar-refractivity contribution is 5.68. The number of aliphatic hydroxyl groups is 1. The van der Waals surface area contributed by atoms with Crippen molar-refractivity contribution in [2.45, 2.75) is 66.0 Å². The Kier molecular flexibility index (Phi) is 5.96. The SMILES string of the molecule is CC(C)(C)CC[C@H](CO)NC(=O)OC(C)(C)C. The largest absolute Gasteiger partial charge is 0.444 e. The average Bonchev–Trinajstić information content (AvgIpc) is 2.07. The summed E-state index contributed by atoms with van der Waals surface area (Å²) in [4.78, 5) is 11.5. The van der Waals surface area contributed by atoms with Gasteiger partial charge in [0.05, 0.1) is 12.6 Å². The second kappa shape index (κ2) is 6.24. The van der Waals surface area contributed by atoms with Crippen LogP contribution in [0.2, 0.25) is 0 Å². The molecule has 4 nitrogen and oxygen atoms in total. The molecule has 0 aliphatic heterocycles. The van der Waals surface area contributed by atoms with E-state index in [4.69, 9.17) is 4.74 Å². The van der Waals surface area contributed by atoms with Crippen molar-refractivity contribution in [1.29, 1.82) is 0 Å². The summed E-state index contributed by atoms with van der Waals surface area (Å²) < 4.78 is 5.14. The maximum absolute atomic E-state index is 11.5. The first-order chi connectivity index (χ1) is 7.53. The van der Waals surface area contributed by atoms with Crippen LogP contribution < -0.4 is 5.32 Å². The zero-order valence-electron chi connectivity index (χ0n) is 12.0. The second-order valence-corrected chi connectivity index (χ2v) is 6.63. The van der Waals surface area contributed by atoms with Crippen molar-refractivity contribution in [2.24, 2.45) is 5.41 Å². The lowest BCUT2D eigenvalue weighted by atomic mass is 9.89. The van der Waals surface area contributed by atoms with Gasteiger partial charge in [-0.05, 0) is 39.0 Å². The second-order valence-electron chi connectivity index (χ2n) is 6.63. The lowest BCUT2D eigenvalue weighted by molar-refractivity contribution is 0.0474. The number of hydrogen-bond acceptors (Lipinski definition) is 3. The van der Waals surface area contributed by atoms with Gasteiger partial charge in [-0.15, -0.1) is 0 Å². The van der Waals surface area contributed by atoms with Gasteiger partial charge in [0.2, 0.25) is 0 Å². The molecular weight excluding hydrogens is 218 g/mol. The molecule has 0 saturated heterocycles. The zero-order chi connectivity index (χ0) is 13.7. The van der Waals surface area contributed by atoms with Crippen LogP contribution in [0.25, 0.3) is 0 Å². The van der Waals surface area contributed by atoms with E-state index in [9.17, 15) is 9.90 Å².